The average molecular weight is 266 g/mol. The van der Waals surface area contributed by atoms with Crippen LogP contribution in [-0.4, -0.2) is 4.98 Å². The molecule has 0 aliphatic carbocycles. The van der Waals surface area contributed by atoms with Crippen LogP contribution < -0.4 is 5.73 Å². The van der Waals surface area contributed by atoms with Gasteiger partial charge in [-0.05, 0) is 54.7 Å². The van der Waals surface area contributed by atoms with Crippen LogP contribution in [0.4, 0.5) is 0 Å². The molecule has 1 aromatic heterocycles. The van der Waals surface area contributed by atoms with Gasteiger partial charge in [0.15, 0.2) is 0 Å². The fraction of sp³-hybridized carbons (Fsp3) is 0.278. The highest BCUT2D eigenvalue weighted by Crippen LogP contribution is 2.24. The third kappa shape index (κ3) is 3.55. The molecule has 2 nitrogen and oxygen atoms in total. The summed E-state index contributed by atoms with van der Waals surface area (Å²) in [5.74, 6) is 0. The number of rotatable bonds is 4. The quantitative estimate of drug-likeness (QED) is 0.899. The molecule has 1 heterocycles. The summed E-state index contributed by atoms with van der Waals surface area (Å²) in [5, 5.41) is 0. The highest BCUT2D eigenvalue weighted by Gasteiger charge is 2.13. The first-order valence-electron chi connectivity index (χ1n) is 7.01. The number of nitrogens with zero attached hydrogens (tertiary/aromatic N) is 1. The largest absolute Gasteiger partial charge is 0.322 e. The minimum atomic E-state index is -0.292. The lowest BCUT2D eigenvalue weighted by Crippen LogP contribution is -2.28. The Labute approximate surface area is 121 Å². The van der Waals surface area contributed by atoms with Crippen LogP contribution in [0.2, 0.25) is 0 Å². The first-order valence-corrected chi connectivity index (χ1v) is 7.01. The number of nitrogens with two attached hydrogens (primary N) is 1. The van der Waals surface area contributed by atoms with Crippen molar-refractivity contribution in [1.82, 2.24) is 4.98 Å². The zero-order valence-corrected chi connectivity index (χ0v) is 12.4. The molecular formula is C18H22N2. The summed E-state index contributed by atoms with van der Waals surface area (Å²) in [4.78, 5) is 4.05. The first-order chi connectivity index (χ1) is 9.50. The van der Waals surface area contributed by atoms with E-state index in [0.29, 0.717) is 0 Å². The van der Waals surface area contributed by atoms with Gasteiger partial charge in [-0.3, -0.25) is 4.98 Å². The molecule has 0 aliphatic heterocycles. The minimum absolute atomic E-state index is 0.292. The maximum absolute atomic E-state index is 6.12. The lowest BCUT2D eigenvalue weighted by Gasteiger charge is -2.19. The number of pyridine rings is 1. The van der Waals surface area contributed by atoms with E-state index in [4.69, 9.17) is 5.73 Å². The number of aromatic nitrogens is 1. The molecule has 2 aromatic rings. The van der Waals surface area contributed by atoms with Gasteiger partial charge >= 0.3 is 0 Å². The maximum Gasteiger partial charge on any atom is 0.0352 e. The van der Waals surface area contributed by atoms with Crippen molar-refractivity contribution < 1.29 is 0 Å². The zero-order chi connectivity index (χ0) is 14.6. The molecule has 104 valence electrons. The van der Waals surface area contributed by atoms with Gasteiger partial charge in [0.05, 0.1) is 0 Å². The second-order valence-corrected chi connectivity index (χ2v) is 5.60. The van der Waals surface area contributed by atoms with Gasteiger partial charge in [0.25, 0.3) is 0 Å². The Morgan fingerprint density at radius 3 is 2.20 bits per heavy atom. The van der Waals surface area contributed by atoms with Gasteiger partial charge < -0.3 is 5.73 Å². The third-order valence-corrected chi connectivity index (χ3v) is 3.43. The van der Waals surface area contributed by atoms with Crippen molar-refractivity contribution in [2.24, 2.45) is 5.73 Å². The highest BCUT2D eigenvalue weighted by molar-refractivity contribution is 5.81. The molecule has 0 radical (unpaired) electrons. The Morgan fingerprint density at radius 2 is 1.70 bits per heavy atom. The predicted molar refractivity (Wildman–Crippen MR) is 86.1 cm³/mol. The van der Waals surface area contributed by atoms with Crippen LogP contribution in [0, 0.1) is 0 Å². The molecule has 0 unspecified atom stereocenters. The molecule has 2 N–H and O–H groups in total. The number of benzene rings is 1. The summed E-state index contributed by atoms with van der Waals surface area (Å²) in [7, 11) is 0. The summed E-state index contributed by atoms with van der Waals surface area (Å²) in [6.45, 7) is 6.22. The van der Waals surface area contributed by atoms with E-state index in [1.54, 1.807) is 0 Å². The second kappa shape index (κ2) is 6.02. The van der Waals surface area contributed by atoms with Gasteiger partial charge in [-0.2, -0.15) is 0 Å². The Balaban J connectivity index is 2.31. The summed E-state index contributed by atoms with van der Waals surface area (Å²) >= 11 is 0. The Morgan fingerprint density at radius 1 is 1.10 bits per heavy atom. The van der Waals surface area contributed by atoms with Crippen molar-refractivity contribution in [2.45, 2.75) is 32.7 Å². The van der Waals surface area contributed by atoms with Crippen molar-refractivity contribution in [1.29, 1.82) is 0 Å². The van der Waals surface area contributed by atoms with Crippen LogP contribution in [0.15, 0.2) is 48.8 Å². The van der Waals surface area contributed by atoms with E-state index in [1.807, 2.05) is 38.4 Å². The van der Waals surface area contributed by atoms with Crippen molar-refractivity contribution in [3.8, 4) is 0 Å². The second-order valence-electron chi connectivity index (χ2n) is 5.60. The first kappa shape index (κ1) is 14.5. The molecule has 20 heavy (non-hydrogen) atoms. The lowest BCUT2D eigenvalue weighted by atomic mass is 9.92. The predicted octanol–water partition coefficient (Wildman–Crippen LogP) is 4.23. The van der Waals surface area contributed by atoms with Gasteiger partial charge in [-0.15, -0.1) is 0 Å². The maximum atomic E-state index is 6.12. The SMILES string of the molecule is CC/C(=C\c1ccncc1)c1ccc(C(C)(C)N)cc1. The molecule has 0 amide bonds. The molecule has 1 aromatic carbocycles. The molecule has 0 saturated heterocycles. The number of hydrogen-bond acceptors (Lipinski definition) is 2. The van der Waals surface area contributed by atoms with Crippen LogP contribution >= 0.6 is 0 Å². The summed E-state index contributed by atoms with van der Waals surface area (Å²) in [6.07, 6.45) is 6.84. The zero-order valence-electron chi connectivity index (χ0n) is 12.4. The van der Waals surface area contributed by atoms with E-state index in [9.17, 15) is 0 Å². The fourth-order valence-electron chi connectivity index (χ4n) is 2.16. The molecule has 0 saturated carbocycles. The molecular weight excluding hydrogens is 244 g/mol. The van der Waals surface area contributed by atoms with E-state index in [1.165, 1.54) is 16.7 Å². The average Bonchev–Trinajstić information content (AvgIpc) is 2.45. The van der Waals surface area contributed by atoms with Crippen LogP contribution in [0.3, 0.4) is 0 Å². The van der Waals surface area contributed by atoms with Gasteiger partial charge in [-0.25, -0.2) is 0 Å². The van der Waals surface area contributed by atoms with E-state index in [-0.39, 0.29) is 5.54 Å². The summed E-state index contributed by atoms with van der Waals surface area (Å²) < 4.78 is 0. The molecule has 0 aliphatic rings. The molecule has 0 atom stereocenters. The number of hydrogen-bond donors (Lipinski definition) is 1. The van der Waals surface area contributed by atoms with E-state index in [2.05, 4.69) is 42.2 Å². The Bertz CT molecular complexity index is 575. The molecule has 0 bridgehead atoms. The normalized spacial score (nSPS) is 12.5. The Kier molecular flexibility index (Phi) is 4.35. The number of allylic oxidation sites excluding steroid dienone is 1. The smallest absolute Gasteiger partial charge is 0.0352 e. The van der Waals surface area contributed by atoms with Crippen LogP contribution in [0.5, 0.6) is 0 Å². The summed E-state index contributed by atoms with van der Waals surface area (Å²) in [5.41, 5.74) is 10.7. The third-order valence-electron chi connectivity index (χ3n) is 3.43. The highest BCUT2D eigenvalue weighted by atomic mass is 14.7. The Hall–Kier alpha value is -1.93. The van der Waals surface area contributed by atoms with E-state index < -0.39 is 0 Å². The van der Waals surface area contributed by atoms with Crippen LogP contribution in [-0.2, 0) is 5.54 Å². The van der Waals surface area contributed by atoms with Gasteiger partial charge in [-0.1, -0.05) is 37.3 Å². The minimum Gasteiger partial charge on any atom is -0.322 e. The lowest BCUT2D eigenvalue weighted by molar-refractivity contribution is 0.554. The topological polar surface area (TPSA) is 38.9 Å². The van der Waals surface area contributed by atoms with Crippen molar-refractivity contribution in [3.63, 3.8) is 0 Å². The van der Waals surface area contributed by atoms with Crippen molar-refractivity contribution in [2.75, 3.05) is 0 Å². The standard InChI is InChI=1S/C18H22N2/c1-4-15(13-14-9-11-20-12-10-14)16-5-7-17(8-6-16)18(2,3)19/h5-13H,4,19H2,1-3H3/b15-13+. The van der Waals surface area contributed by atoms with Crippen molar-refractivity contribution >= 4 is 11.6 Å². The fourth-order valence-corrected chi connectivity index (χ4v) is 2.16. The molecule has 2 rings (SSSR count). The molecule has 2 heteroatoms. The molecule has 0 fully saturated rings. The van der Waals surface area contributed by atoms with Crippen LogP contribution in [0.25, 0.3) is 11.6 Å². The van der Waals surface area contributed by atoms with Gasteiger partial charge in [0, 0.05) is 17.9 Å². The molecule has 0 spiro atoms. The van der Waals surface area contributed by atoms with E-state index in [0.717, 1.165) is 12.0 Å². The van der Waals surface area contributed by atoms with Crippen molar-refractivity contribution in [3.05, 3.63) is 65.5 Å². The van der Waals surface area contributed by atoms with Crippen LogP contribution in [0.1, 0.15) is 43.9 Å². The summed E-state index contributed by atoms with van der Waals surface area (Å²) in [6, 6.07) is 12.6. The van der Waals surface area contributed by atoms with Gasteiger partial charge in [0.2, 0.25) is 0 Å². The van der Waals surface area contributed by atoms with E-state index >= 15 is 0 Å². The monoisotopic (exact) mass is 266 g/mol. The van der Waals surface area contributed by atoms with Gasteiger partial charge in [0.1, 0.15) is 0 Å².